The van der Waals surface area contributed by atoms with E-state index in [1.165, 1.54) is 31.0 Å². The van der Waals surface area contributed by atoms with Crippen molar-refractivity contribution in [3.05, 3.63) is 23.8 Å². The molecule has 0 aromatic heterocycles. The number of anilines is 1. The zero-order chi connectivity index (χ0) is 15.7. The minimum absolute atomic E-state index is 0.00337. The van der Waals surface area contributed by atoms with Crippen molar-refractivity contribution in [2.75, 3.05) is 18.1 Å². The van der Waals surface area contributed by atoms with Crippen LogP contribution in [0.5, 0.6) is 0 Å². The molecular formula is C17H22N2O2S. The fourth-order valence-electron chi connectivity index (χ4n) is 3.44. The Labute approximate surface area is 135 Å². The van der Waals surface area contributed by atoms with Crippen LogP contribution in [-0.4, -0.2) is 35.6 Å². The van der Waals surface area contributed by atoms with Gasteiger partial charge in [0, 0.05) is 23.5 Å². The van der Waals surface area contributed by atoms with Crippen molar-refractivity contribution in [1.29, 1.82) is 0 Å². The third-order valence-corrected chi connectivity index (χ3v) is 5.82. The highest BCUT2D eigenvalue weighted by Crippen LogP contribution is 2.33. The van der Waals surface area contributed by atoms with Crippen LogP contribution in [0.4, 0.5) is 5.69 Å². The van der Waals surface area contributed by atoms with Crippen LogP contribution in [0.15, 0.2) is 23.1 Å². The van der Waals surface area contributed by atoms with Gasteiger partial charge in [-0.2, -0.15) is 0 Å². The molecule has 1 aliphatic heterocycles. The van der Waals surface area contributed by atoms with Crippen molar-refractivity contribution in [2.45, 2.75) is 43.5 Å². The van der Waals surface area contributed by atoms with Gasteiger partial charge in [0.05, 0.1) is 11.4 Å². The van der Waals surface area contributed by atoms with E-state index in [0.29, 0.717) is 23.3 Å². The summed E-state index contributed by atoms with van der Waals surface area (Å²) in [6.07, 6.45) is 4.74. The first kappa shape index (κ1) is 15.4. The van der Waals surface area contributed by atoms with Crippen molar-refractivity contribution >= 4 is 29.3 Å². The van der Waals surface area contributed by atoms with Gasteiger partial charge in [0.15, 0.2) is 0 Å². The zero-order valence-corrected chi connectivity index (χ0v) is 13.9. The molecule has 5 heteroatoms. The van der Waals surface area contributed by atoms with Gasteiger partial charge < -0.3 is 10.2 Å². The van der Waals surface area contributed by atoms with Gasteiger partial charge in [0.25, 0.3) is 5.91 Å². The number of hydrogen-bond acceptors (Lipinski definition) is 3. The van der Waals surface area contributed by atoms with Crippen LogP contribution in [0.1, 0.15) is 43.0 Å². The van der Waals surface area contributed by atoms with E-state index < -0.39 is 0 Å². The monoisotopic (exact) mass is 318 g/mol. The zero-order valence-electron chi connectivity index (χ0n) is 13.1. The van der Waals surface area contributed by atoms with Crippen molar-refractivity contribution in [3.63, 3.8) is 0 Å². The molecule has 118 valence electrons. The first-order valence-corrected chi connectivity index (χ1v) is 8.88. The van der Waals surface area contributed by atoms with Gasteiger partial charge in [-0.25, -0.2) is 0 Å². The van der Waals surface area contributed by atoms with E-state index >= 15 is 0 Å². The van der Waals surface area contributed by atoms with Crippen molar-refractivity contribution in [1.82, 2.24) is 4.90 Å². The SMILES string of the molecule is CC1CCCCC1N(C)C(=O)c1ccc2c(c1)NC(=O)CS2. The predicted molar refractivity (Wildman–Crippen MR) is 89.3 cm³/mol. The summed E-state index contributed by atoms with van der Waals surface area (Å²) in [6, 6.07) is 5.94. The lowest BCUT2D eigenvalue weighted by atomic mass is 9.85. The number of carbonyl (C=O) groups is 2. The summed E-state index contributed by atoms with van der Waals surface area (Å²) in [5, 5.41) is 2.85. The quantitative estimate of drug-likeness (QED) is 0.909. The average molecular weight is 318 g/mol. The molecule has 2 unspecified atom stereocenters. The minimum atomic E-state index is -0.00337. The first-order chi connectivity index (χ1) is 10.6. The molecule has 1 N–H and O–H groups in total. The predicted octanol–water partition coefficient (Wildman–Crippen LogP) is 3.38. The van der Waals surface area contributed by atoms with Gasteiger partial charge in [-0.15, -0.1) is 11.8 Å². The van der Waals surface area contributed by atoms with E-state index in [0.717, 1.165) is 17.0 Å². The van der Waals surface area contributed by atoms with Crippen LogP contribution in [0.3, 0.4) is 0 Å². The topological polar surface area (TPSA) is 49.4 Å². The number of hydrogen-bond donors (Lipinski definition) is 1. The number of amides is 2. The maximum Gasteiger partial charge on any atom is 0.253 e. The molecule has 2 amide bonds. The van der Waals surface area contributed by atoms with Crippen LogP contribution in [0.2, 0.25) is 0 Å². The Morgan fingerprint density at radius 1 is 1.32 bits per heavy atom. The lowest BCUT2D eigenvalue weighted by Crippen LogP contribution is -2.42. The number of thioether (sulfide) groups is 1. The molecule has 3 rings (SSSR count). The van der Waals surface area contributed by atoms with E-state index in [4.69, 9.17) is 0 Å². The van der Waals surface area contributed by atoms with Gasteiger partial charge in [0.1, 0.15) is 0 Å². The van der Waals surface area contributed by atoms with Crippen LogP contribution in [-0.2, 0) is 4.79 Å². The highest BCUT2D eigenvalue weighted by molar-refractivity contribution is 8.00. The molecule has 1 aromatic rings. The molecule has 1 aliphatic carbocycles. The van der Waals surface area contributed by atoms with E-state index in [9.17, 15) is 9.59 Å². The summed E-state index contributed by atoms with van der Waals surface area (Å²) in [5.41, 5.74) is 1.42. The Morgan fingerprint density at radius 3 is 2.86 bits per heavy atom. The van der Waals surface area contributed by atoms with Crippen molar-refractivity contribution < 1.29 is 9.59 Å². The molecular weight excluding hydrogens is 296 g/mol. The fourth-order valence-corrected chi connectivity index (χ4v) is 4.23. The third-order valence-electron chi connectivity index (χ3n) is 4.74. The molecule has 1 aromatic carbocycles. The van der Waals surface area contributed by atoms with E-state index in [1.54, 1.807) is 0 Å². The lowest BCUT2D eigenvalue weighted by Gasteiger charge is -2.36. The fraction of sp³-hybridized carbons (Fsp3) is 0.529. The second-order valence-corrected chi connectivity index (χ2v) is 7.31. The molecule has 0 bridgehead atoms. The summed E-state index contributed by atoms with van der Waals surface area (Å²) in [6.45, 7) is 2.23. The molecule has 4 nitrogen and oxygen atoms in total. The smallest absolute Gasteiger partial charge is 0.253 e. The normalized spacial score (nSPS) is 24.4. The summed E-state index contributed by atoms with van der Waals surface area (Å²) in [7, 11) is 1.90. The number of carbonyl (C=O) groups excluding carboxylic acids is 2. The molecule has 0 spiro atoms. The maximum absolute atomic E-state index is 12.8. The molecule has 2 aliphatic rings. The number of rotatable bonds is 2. The van der Waals surface area contributed by atoms with Gasteiger partial charge in [0.2, 0.25) is 5.91 Å². The summed E-state index contributed by atoms with van der Waals surface area (Å²) >= 11 is 1.52. The molecule has 22 heavy (non-hydrogen) atoms. The molecule has 1 heterocycles. The molecule has 0 saturated heterocycles. The number of benzene rings is 1. The van der Waals surface area contributed by atoms with Gasteiger partial charge in [-0.3, -0.25) is 9.59 Å². The van der Waals surface area contributed by atoms with Crippen LogP contribution < -0.4 is 5.32 Å². The Morgan fingerprint density at radius 2 is 2.09 bits per heavy atom. The Hall–Kier alpha value is -1.49. The van der Waals surface area contributed by atoms with E-state index in [1.807, 2.05) is 30.1 Å². The lowest BCUT2D eigenvalue weighted by molar-refractivity contribution is -0.113. The summed E-state index contributed by atoms with van der Waals surface area (Å²) in [4.78, 5) is 27.2. The molecule has 0 radical (unpaired) electrons. The standard InChI is InChI=1S/C17H22N2O2S/c1-11-5-3-4-6-14(11)19(2)17(21)12-7-8-15-13(9-12)18-16(20)10-22-15/h7-9,11,14H,3-6,10H2,1-2H3,(H,18,20). The van der Waals surface area contributed by atoms with Crippen molar-refractivity contribution in [3.8, 4) is 0 Å². The van der Waals surface area contributed by atoms with Crippen LogP contribution in [0, 0.1) is 5.92 Å². The second-order valence-electron chi connectivity index (χ2n) is 6.29. The van der Waals surface area contributed by atoms with Crippen LogP contribution >= 0.6 is 11.8 Å². The largest absolute Gasteiger partial charge is 0.338 e. The van der Waals surface area contributed by atoms with Gasteiger partial charge in [-0.1, -0.05) is 19.8 Å². The summed E-state index contributed by atoms with van der Waals surface area (Å²) < 4.78 is 0. The number of fused-ring (bicyclic) bond motifs is 1. The van der Waals surface area contributed by atoms with E-state index in [2.05, 4.69) is 12.2 Å². The van der Waals surface area contributed by atoms with Crippen LogP contribution in [0.25, 0.3) is 0 Å². The first-order valence-electron chi connectivity index (χ1n) is 7.90. The highest BCUT2D eigenvalue weighted by Gasteiger charge is 2.29. The second kappa shape index (κ2) is 6.32. The summed E-state index contributed by atoms with van der Waals surface area (Å²) in [5.74, 6) is 1.04. The van der Waals surface area contributed by atoms with Crippen molar-refractivity contribution in [2.24, 2.45) is 5.92 Å². The third kappa shape index (κ3) is 3.00. The minimum Gasteiger partial charge on any atom is -0.338 e. The molecule has 1 saturated carbocycles. The average Bonchev–Trinajstić information content (AvgIpc) is 2.53. The Bertz CT molecular complexity index is 602. The Balaban J connectivity index is 1.79. The Kier molecular flexibility index (Phi) is 4.43. The number of nitrogens with zero attached hydrogens (tertiary/aromatic N) is 1. The highest BCUT2D eigenvalue weighted by atomic mass is 32.2. The molecule has 2 atom stereocenters. The maximum atomic E-state index is 12.8. The number of nitrogens with one attached hydrogen (secondary N) is 1. The van der Waals surface area contributed by atoms with Gasteiger partial charge >= 0.3 is 0 Å². The van der Waals surface area contributed by atoms with Gasteiger partial charge in [-0.05, 0) is 37.0 Å². The van der Waals surface area contributed by atoms with E-state index in [-0.39, 0.29) is 11.8 Å². The molecule has 1 fully saturated rings.